The minimum absolute atomic E-state index is 0.195. The Morgan fingerprint density at radius 3 is 2.47 bits per heavy atom. The average Bonchev–Trinajstić information content (AvgIpc) is 2.77. The van der Waals surface area contributed by atoms with Crippen LogP contribution >= 0.6 is 11.9 Å². The zero-order valence-corrected chi connectivity index (χ0v) is 19.7. The molecular formula is C22H25F3N8S. The molecule has 34 heavy (non-hydrogen) atoms. The number of hydrogen-bond acceptors (Lipinski definition) is 9. The van der Waals surface area contributed by atoms with Gasteiger partial charge in [-0.3, -0.25) is 0 Å². The summed E-state index contributed by atoms with van der Waals surface area (Å²) in [6.07, 6.45) is -3.30. The number of anilines is 3. The first-order valence-corrected chi connectivity index (χ1v) is 11.0. The maximum Gasteiger partial charge on any atom is 0.416 e. The number of nitrogens with two attached hydrogens (primary N) is 1. The number of nitrogens with zero attached hydrogens (tertiary/aromatic N) is 4. The maximum absolute atomic E-state index is 12.9. The van der Waals surface area contributed by atoms with E-state index in [2.05, 4.69) is 25.0 Å². The standard InChI is InChI=1S/C22H25F3N8S/c1-13(26)18-19(27)30-20(31-21(18)29-10-11-33(2)3)14-4-6-16(7-5-14)32-34-17-12-15(8-9-28-17)22(23,24)25/h4-9,12,26,32H,10-11H2,1-3H3,(H3,27,29,30,31). The van der Waals surface area contributed by atoms with Crippen LogP contribution in [0.25, 0.3) is 11.4 Å². The molecule has 180 valence electrons. The summed E-state index contributed by atoms with van der Waals surface area (Å²) in [5.74, 6) is 1.09. The average molecular weight is 491 g/mol. The van der Waals surface area contributed by atoms with Crippen molar-refractivity contribution in [2.24, 2.45) is 0 Å². The summed E-state index contributed by atoms with van der Waals surface area (Å²) in [6.45, 7) is 3.02. The van der Waals surface area contributed by atoms with Gasteiger partial charge in [0.15, 0.2) is 5.82 Å². The summed E-state index contributed by atoms with van der Waals surface area (Å²) < 4.78 is 41.6. The smallest absolute Gasteiger partial charge is 0.383 e. The Bertz CT molecular complexity index is 1150. The molecule has 0 spiro atoms. The normalized spacial score (nSPS) is 11.5. The first-order chi connectivity index (χ1) is 16.0. The van der Waals surface area contributed by atoms with E-state index in [1.807, 2.05) is 19.0 Å². The van der Waals surface area contributed by atoms with Crippen LogP contribution in [0.1, 0.15) is 18.1 Å². The fourth-order valence-corrected chi connectivity index (χ4v) is 3.60. The van der Waals surface area contributed by atoms with Gasteiger partial charge in [0.25, 0.3) is 0 Å². The number of rotatable bonds is 9. The number of aromatic nitrogens is 3. The van der Waals surface area contributed by atoms with Gasteiger partial charge in [0.05, 0.1) is 11.1 Å². The molecule has 5 N–H and O–H groups in total. The second kappa shape index (κ2) is 10.7. The number of benzene rings is 1. The Hall–Kier alpha value is -3.38. The predicted octanol–water partition coefficient (Wildman–Crippen LogP) is 4.62. The Labute approximate surface area is 199 Å². The molecule has 0 atom stereocenters. The first-order valence-electron chi connectivity index (χ1n) is 10.2. The number of nitrogen functional groups attached to an aromatic ring is 1. The predicted molar refractivity (Wildman–Crippen MR) is 130 cm³/mol. The largest absolute Gasteiger partial charge is 0.416 e. The van der Waals surface area contributed by atoms with Gasteiger partial charge in [0.2, 0.25) is 0 Å². The lowest BCUT2D eigenvalue weighted by Crippen LogP contribution is -2.22. The third-order valence-corrected chi connectivity index (χ3v) is 5.41. The van der Waals surface area contributed by atoms with Gasteiger partial charge >= 0.3 is 6.18 Å². The highest BCUT2D eigenvalue weighted by Gasteiger charge is 2.30. The summed E-state index contributed by atoms with van der Waals surface area (Å²) in [7, 11) is 3.92. The van der Waals surface area contributed by atoms with E-state index >= 15 is 0 Å². The molecule has 3 rings (SSSR count). The molecule has 0 aliphatic heterocycles. The summed E-state index contributed by atoms with van der Waals surface area (Å²) in [4.78, 5) is 14.9. The fraction of sp³-hybridized carbons (Fsp3) is 0.273. The number of likely N-dealkylation sites (N-methyl/N-ethyl adjacent to an activating group) is 1. The maximum atomic E-state index is 12.9. The van der Waals surface area contributed by atoms with E-state index in [9.17, 15) is 13.2 Å². The minimum Gasteiger partial charge on any atom is -0.383 e. The lowest BCUT2D eigenvalue weighted by Gasteiger charge is -2.16. The van der Waals surface area contributed by atoms with Gasteiger partial charge in [-0.15, -0.1) is 0 Å². The molecule has 0 aliphatic carbocycles. The minimum atomic E-state index is -4.42. The van der Waals surface area contributed by atoms with Crippen molar-refractivity contribution in [2.75, 3.05) is 43.0 Å². The summed E-state index contributed by atoms with van der Waals surface area (Å²) in [6, 6.07) is 8.98. The number of hydrogen-bond donors (Lipinski definition) is 4. The van der Waals surface area contributed by atoms with Gasteiger partial charge < -0.3 is 26.1 Å². The van der Waals surface area contributed by atoms with Crippen molar-refractivity contribution in [1.82, 2.24) is 19.9 Å². The second-order valence-corrected chi connectivity index (χ2v) is 8.50. The van der Waals surface area contributed by atoms with Crippen LogP contribution in [0.2, 0.25) is 0 Å². The van der Waals surface area contributed by atoms with Crippen LogP contribution in [0.5, 0.6) is 0 Å². The zero-order chi connectivity index (χ0) is 24.9. The van der Waals surface area contributed by atoms with Gasteiger partial charge in [0, 0.05) is 48.2 Å². The highest BCUT2D eigenvalue weighted by Crippen LogP contribution is 2.31. The number of pyridine rings is 1. The molecule has 8 nitrogen and oxygen atoms in total. The molecular weight excluding hydrogens is 465 g/mol. The van der Waals surface area contributed by atoms with Crippen LogP contribution < -0.4 is 15.8 Å². The number of halogens is 3. The Morgan fingerprint density at radius 1 is 1.15 bits per heavy atom. The van der Waals surface area contributed by atoms with Crippen LogP contribution in [-0.4, -0.2) is 52.7 Å². The first kappa shape index (κ1) is 25.2. The molecule has 12 heteroatoms. The molecule has 0 radical (unpaired) electrons. The van der Waals surface area contributed by atoms with Crippen LogP contribution in [0.3, 0.4) is 0 Å². The van der Waals surface area contributed by atoms with Crippen molar-refractivity contribution in [1.29, 1.82) is 5.41 Å². The third-order valence-electron chi connectivity index (χ3n) is 4.64. The van der Waals surface area contributed by atoms with Crippen molar-refractivity contribution < 1.29 is 13.2 Å². The van der Waals surface area contributed by atoms with Crippen molar-refractivity contribution in [2.45, 2.75) is 18.1 Å². The Balaban J connectivity index is 1.76. The van der Waals surface area contributed by atoms with Crippen molar-refractivity contribution in [3.8, 4) is 11.4 Å². The highest BCUT2D eigenvalue weighted by molar-refractivity contribution is 8.00. The molecule has 2 aromatic heterocycles. The van der Waals surface area contributed by atoms with Crippen molar-refractivity contribution in [3.63, 3.8) is 0 Å². The molecule has 1 aromatic carbocycles. The van der Waals surface area contributed by atoms with E-state index in [1.165, 1.54) is 0 Å². The molecule has 0 amide bonds. The monoisotopic (exact) mass is 490 g/mol. The molecule has 0 saturated heterocycles. The van der Waals surface area contributed by atoms with E-state index in [0.717, 1.165) is 36.8 Å². The Kier molecular flexibility index (Phi) is 7.94. The SMILES string of the molecule is CC(=N)c1c(N)nc(-c2ccc(NSc3cc(C(F)(F)F)ccn3)cc2)nc1NCCN(C)C. The highest BCUT2D eigenvalue weighted by atomic mass is 32.2. The van der Waals surface area contributed by atoms with Crippen LogP contribution in [0.15, 0.2) is 47.6 Å². The van der Waals surface area contributed by atoms with Crippen LogP contribution in [-0.2, 0) is 6.18 Å². The number of nitrogens with one attached hydrogen (secondary N) is 3. The Morgan fingerprint density at radius 2 is 1.85 bits per heavy atom. The number of alkyl halides is 3. The fourth-order valence-electron chi connectivity index (χ4n) is 2.94. The lowest BCUT2D eigenvalue weighted by atomic mass is 10.1. The van der Waals surface area contributed by atoms with E-state index in [0.29, 0.717) is 35.0 Å². The van der Waals surface area contributed by atoms with Crippen molar-refractivity contribution in [3.05, 3.63) is 53.7 Å². The van der Waals surface area contributed by atoms with E-state index < -0.39 is 11.7 Å². The molecule has 0 saturated carbocycles. The quantitative estimate of drug-likeness (QED) is 0.254. The molecule has 3 aromatic rings. The van der Waals surface area contributed by atoms with Gasteiger partial charge in [-0.25, -0.2) is 15.0 Å². The second-order valence-electron chi connectivity index (χ2n) is 7.67. The van der Waals surface area contributed by atoms with Gasteiger partial charge in [-0.2, -0.15) is 13.2 Å². The van der Waals surface area contributed by atoms with Crippen LogP contribution in [0, 0.1) is 5.41 Å². The zero-order valence-electron chi connectivity index (χ0n) is 18.9. The van der Waals surface area contributed by atoms with Gasteiger partial charge in [-0.05, 0) is 57.4 Å². The third kappa shape index (κ3) is 6.58. The molecule has 2 heterocycles. The summed E-state index contributed by atoms with van der Waals surface area (Å²) in [5.41, 5.74) is 7.46. The topological polar surface area (TPSA) is 116 Å². The van der Waals surface area contributed by atoms with Gasteiger partial charge in [0.1, 0.15) is 16.7 Å². The molecule has 0 unspecified atom stereocenters. The van der Waals surface area contributed by atoms with Crippen molar-refractivity contribution >= 4 is 35.0 Å². The lowest BCUT2D eigenvalue weighted by molar-refractivity contribution is -0.137. The van der Waals surface area contributed by atoms with E-state index in [4.69, 9.17) is 11.1 Å². The van der Waals surface area contributed by atoms with Gasteiger partial charge in [-0.1, -0.05) is 0 Å². The van der Waals surface area contributed by atoms with E-state index in [1.54, 1.807) is 31.2 Å². The summed E-state index contributed by atoms with van der Waals surface area (Å²) in [5, 5.41) is 11.4. The molecule has 0 fully saturated rings. The molecule has 0 bridgehead atoms. The van der Waals surface area contributed by atoms with E-state index in [-0.39, 0.29) is 16.6 Å². The van der Waals surface area contributed by atoms with Crippen LogP contribution in [0.4, 0.5) is 30.5 Å². The molecule has 0 aliphatic rings. The summed E-state index contributed by atoms with van der Waals surface area (Å²) >= 11 is 0.977.